The quantitative estimate of drug-likeness (QED) is 0.907. The molecule has 1 aliphatic carbocycles. The van der Waals surface area contributed by atoms with Gasteiger partial charge in [0.15, 0.2) is 0 Å². The number of piperidine rings is 1. The lowest BCUT2D eigenvalue weighted by Gasteiger charge is -2.32. The van der Waals surface area contributed by atoms with Crippen LogP contribution in [0.15, 0.2) is 10.6 Å². The summed E-state index contributed by atoms with van der Waals surface area (Å²) in [5, 5.41) is 13.8. The summed E-state index contributed by atoms with van der Waals surface area (Å²) in [6.07, 6.45) is 2.25. The van der Waals surface area contributed by atoms with Crippen LogP contribution >= 0.6 is 0 Å². The van der Waals surface area contributed by atoms with E-state index in [1.165, 1.54) is 0 Å². The average molecular weight is 329 g/mol. The van der Waals surface area contributed by atoms with Crippen molar-refractivity contribution in [1.29, 1.82) is 0 Å². The Morgan fingerprint density at radius 1 is 1.33 bits per heavy atom. The molecule has 1 atom stereocenters. The second kappa shape index (κ2) is 5.03. The van der Waals surface area contributed by atoms with E-state index in [0.29, 0.717) is 41.1 Å². The molecule has 1 spiro atoms. The molecule has 2 aliphatic rings. The number of carbonyl (C=O) groups excluding carboxylic acids is 1. The zero-order chi connectivity index (χ0) is 17.1. The van der Waals surface area contributed by atoms with Gasteiger partial charge in [0.25, 0.3) is 11.6 Å². The van der Waals surface area contributed by atoms with Gasteiger partial charge < -0.3 is 14.5 Å². The Morgan fingerprint density at radius 2 is 2.04 bits per heavy atom. The van der Waals surface area contributed by atoms with Crippen molar-refractivity contribution >= 4 is 23.0 Å². The van der Waals surface area contributed by atoms with Gasteiger partial charge in [-0.2, -0.15) is 0 Å². The molecule has 4 rings (SSSR count). The Labute approximate surface area is 138 Å². The number of carboxylic acids is 1. The molecule has 3 heterocycles. The SMILES string of the molecule is Cc1cc(C(=O)N2CCC3(CC2)CC3C(=O)O)c2c(C)noc2n1. The van der Waals surface area contributed by atoms with E-state index in [1.807, 2.05) is 11.8 Å². The van der Waals surface area contributed by atoms with E-state index < -0.39 is 5.97 Å². The summed E-state index contributed by atoms with van der Waals surface area (Å²) in [6, 6.07) is 1.77. The second-order valence-electron chi connectivity index (χ2n) is 7.01. The maximum absolute atomic E-state index is 13.0. The van der Waals surface area contributed by atoms with Crippen molar-refractivity contribution in [2.45, 2.75) is 33.1 Å². The number of rotatable bonds is 2. The fourth-order valence-corrected chi connectivity index (χ4v) is 3.96. The molecule has 7 heteroatoms. The van der Waals surface area contributed by atoms with Gasteiger partial charge in [-0.3, -0.25) is 9.59 Å². The van der Waals surface area contributed by atoms with E-state index in [-0.39, 0.29) is 17.2 Å². The Bertz CT molecular complexity index is 849. The van der Waals surface area contributed by atoms with Crippen molar-refractivity contribution in [1.82, 2.24) is 15.0 Å². The highest BCUT2D eigenvalue weighted by Gasteiger charge is 2.59. The van der Waals surface area contributed by atoms with Crippen molar-refractivity contribution in [3.8, 4) is 0 Å². The minimum absolute atomic E-state index is 0.0563. The molecule has 2 aromatic heterocycles. The van der Waals surface area contributed by atoms with Crippen LogP contribution in [0.5, 0.6) is 0 Å². The first-order valence-electron chi connectivity index (χ1n) is 8.17. The summed E-state index contributed by atoms with van der Waals surface area (Å²) in [6.45, 7) is 4.80. The summed E-state index contributed by atoms with van der Waals surface area (Å²) in [5.74, 6) is -0.995. The lowest BCUT2D eigenvalue weighted by atomic mass is 9.90. The number of hydrogen-bond donors (Lipinski definition) is 1. The first-order valence-corrected chi connectivity index (χ1v) is 8.17. The highest BCUT2D eigenvalue weighted by atomic mass is 16.5. The minimum Gasteiger partial charge on any atom is -0.481 e. The fraction of sp³-hybridized carbons (Fsp3) is 0.529. The van der Waals surface area contributed by atoms with Crippen molar-refractivity contribution in [2.75, 3.05) is 13.1 Å². The molecule has 7 nitrogen and oxygen atoms in total. The first-order chi connectivity index (χ1) is 11.4. The predicted octanol–water partition coefficient (Wildman–Crippen LogP) is 2.17. The van der Waals surface area contributed by atoms with Crippen LogP contribution in [0.4, 0.5) is 0 Å². The van der Waals surface area contributed by atoms with Crippen LogP contribution in [0, 0.1) is 25.2 Å². The molecule has 2 fully saturated rings. The van der Waals surface area contributed by atoms with Crippen LogP contribution in [0.2, 0.25) is 0 Å². The van der Waals surface area contributed by atoms with Crippen molar-refractivity contribution in [3.05, 3.63) is 23.0 Å². The highest BCUT2D eigenvalue weighted by molar-refractivity contribution is 6.06. The third kappa shape index (κ3) is 2.18. The van der Waals surface area contributed by atoms with Crippen LogP contribution in [0.3, 0.4) is 0 Å². The summed E-state index contributed by atoms with van der Waals surface area (Å²) in [5.41, 5.74) is 2.24. The van der Waals surface area contributed by atoms with Gasteiger partial charge in [-0.05, 0) is 44.6 Å². The van der Waals surface area contributed by atoms with E-state index in [2.05, 4.69) is 10.1 Å². The van der Waals surface area contributed by atoms with E-state index in [1.54, 1.807) is 13.0 Å². The van der Waals surface area contributed by atoms with Gasteiger partial charge in [0, 0.05) is 18.8 Å². The molecule has 126 valence electrons. The number of nitrogens with zero attached hydrogens (tertiary/aromatic N) is 3. The third-order valence-corrected chi connectivity index (χ3v) is 5.51. The number of carbonyl (C=O) groups is 2. The molecule has 24 heavy (non-hydrogen) atoms. The molecule has 1 amide bonds. The zero-order valence-electron chi connectivity index (χ0n) is 13.7. The van der Waals surface area contributed by atoms with Gasteiger partial charge in [0.2, 0.25) is 0 Å². The summed E-state index contributed by atoms with van der Waals surface area (Å²) < 4.78 is 5.19. The molecule has 0 radical (unpaired) electrons. The van der Waals surface area contributed by atoms with Crippen LogP contribution in [-0.2, 0) is 4.79 Å². The third-order valence-electron chi connectivity index (χ3n) is 5.51. The monoisotopic (exact) mass is 329 g/mol. The molecule has 1 saturated carbocycles. The Balaban J connectivity index is 1.58. The molecule has 0 bridgehead atoms. The number of hydrogen-bond acceptors (Lipinski definition) is 5. The average Bonchev–Trinajstić information content (AvgIpc) is 3.13. The number of likely N-dealkylation sites (tertiary alicyclic amines) is 1. The van der Waals surface area contributed by atoms with Crippen LogP contribution in [0.1, 0.15) is 41.0 Å². The number of aromatic nitrogens is 2. The molecule has 2 aromatic rings. The van der Waals surface area contributed by atoms with Gasteiger partial charge in [-0.15, -0.1) is 0 Å². The van der Waals surface area contributed by atoms with Crippen LogP contribution in [0.25, 0.3) is 11.1 Å². The summed E-state index contributed by atoms with van der Waals surface area (Å²) in [4.78, 5) is 30.2. The maximum atomic E-state index is 13.0. The second-order valence-corrected chi connectivity index (χ2v) is 7.01. The lowest BCUT2D eigenvalue weighted by Crippen LogP contribution is -2.40. The predicted molar refractivity (Wildman–Crippen MR) is 84.6 cm³/mol. The molecule has 1 aliphatic heterocycles. The molecule has 1 unspecified atom stereocenters. The lowest BCUT2D eigenvalue weighted by molar-refractivity contribution is -0.139. The fourth-order valence-electron chi connectivity index (χ4n) is 3.96. The molecule has 1 saturated heterocycles. The summed E-state index contributed by atoms with van der Waals surface area (Å²) >= 11 is 0. The minimum atomic E-state index is -0.707. The van der Waals surface area contributed by atoms with E-state index in [0.717, 1.165) is 19.3 Å². The molecule has 0 aromatic carbocycles. The number of amides is 1. The zero-order valence-corrected chi connectivity index (χ0v) is 13.7. The number of fused-ring (bicyclic) bond motifs is 1. The largest absolute Gasteiger partial charge is 0.481 e. The van der Waals surface area contributed by atoms with E-state index in [9.17, 15) is 14.7 Å². The molecular formula is C17H19N3O4. The van der Waals surface area contributed by atoms with E-state index in [4.69, 9.17) is 4.52 Å². The van der Waals surface area contributed by atoms with Gasteiger partial charge in [0.05, 0.1) is 22.6 Å². The maximum Gasteiger partial charge on any atom is 0.307 e. The first kappa shape index (κ1) is 15.1. The standard InChI is InChI=1S/C17H19N3O4/c1-9-7-11(13-10(2)19-24-14(13)18-9)15(21)20-5-3-17(4-6-20)8-12(17)16(22)23/h7,12H,3-6,8H2,1-2H3,(H,22,23). The van der Waals surface area contributed by atoms with Crippen molar-refractivity contribution in [2.24, 2.45) is 11.3 Å². The highest BCUT2D eigenvalue weighted by Crippen LogP contribution is 2.59. The number of aryl methyl sites for hydroxylation is 2. The summed E-state index contributed by atoms with van der Waals surface area (Å²) in [7, 11) is 0. The van der Waals surface area contributed by atoms with Gasteiger partial charge in [-0.1, -0.05) is 5.16 Å². The Morgan fingerprint density at radius 3 is 2.67 bits per heavy atom. The normalized spacial score (nSPS) is 22.1. The van der Waals surface area contributed by atoms with Gasteiger partial charge >= 0.3 is 5.97 Å². The molecular weight excluding hydrogens is 310 g/mol. The Kier molecular flexibility index (Phi) is 3.16. The molecule has 1 N–H and O–H groups in total. The topological polar surface area (TPSA) is 96.5 Å². The van der Waals surface area contributed by atoms with Gasteiger partial charge in [0.1, 0.15) is 0 Å². The van der Waals surface area contributed by atoms with E-state index >= 15 is 0 Å². The Hall–Kier alpha value is -2.44. The number of carboxylic acid groups (broad SMARTS) is 1. The van der Waals surface area contributed by atoms with Crippen LogP contribution in [-0.4, -0.2) is 45.1 Å². The van der Waals surface area contributed by atoms with Gasteiger partial charge in [-0.25, -0.2) is 4.98 Å². The van der Waals surface area contributed by atoms with Crippen molar-refractivity contribution in [3.63, 3.8) is 0 Å². The smallest absolute Gasteiger partial charge is 0.307 e. The van der Waals surface area contributed by atoms with Crippen LogP contribution < -0.4 is 0 Å². The number of aliphatic carboxylic acids is 1. The van der Waals surface area contributed by atoms with Crippen molar-refractivity contribution < 1.29 is 19.2 Å². The number of pyridine rings is 1.